The van der Waals surface area contributed by atoms with Crippen molar-refractivity contribution in [3.63, 3.8) is 0 Å². The van der Waals surface area contributed by atoms with Crippen LogP contribution in [0, 0.1) is 11.3 Å². The number of hydrogen-bond acceptors (Lipinski definition) is 2. The number of pyridine rings is 1. The second-order valence-corrected chi connectivity index (χ2v) is 14.1. The molecule has 0 atom stereocenters. The highest BCUT2D eigenvalue weighted by Gasteiger charge is 2.23. The van der Waals surface area contributed by atoms with Crippen molar-refractivity contribution in [1.82, 2.24) is 4.98 Å². The van der Waals surface area contributed by atoms with Gasteiger partial charge in [-0.3, -0.25) is 0 Å². The lowest BCUT2D eigenvalue weighted by molar-refractivity contribution is 1.44. The highest BCUT2D eigenvalue weighted by atomic mass is 14.7. The van der Waals surface area contributed by atoms with Gasteiger partial charge in [-0.05, 0) is 88.9 Å². The van der Waals surface area contributed by atoms with Crippen molar-refractivity contribution in [2.24, 2.45) is 0 Å². The van der Waals surface area contributed by atoms with Crippen LogP contribution in [0.5, 0.6) is 0 Å². The summed E-state index contributed by atoms with van der Waals surface area (Å²) in [7, 11) is 0. The number of aromatic nitrogens is 1. The maximum absolute atomic E-state index is 9.56. The molecule has 0 spiro atoms. The third kappa shape index (κ3) is 4.36. The van der Waals surface area contributed by atoms with Crippen molar-refractivity contribution in [1.29, 1.82) is 5.26 Å². The molecule has 11 aromatic rings. The molecule has 0 amide bonds. The Labute approximate surface area is 311 Å². The first kappa shape index (κ1) is 30.3. The number of rotatable bonds is 3. The van der Waals surface area contributed by atoms with Crippen molar-refractivity contribution in [3.8, 4) is 39.6 Å². The van der Waals surface area contributed by atoms with E-state index in [1.807, 2.05) is 12.1 Å². The first-order valence-electron chi connectivity index (χ1n) is 18.4. The van der Waals surface area contributed by atoms with Gasteiger partial charge in [0.05, 0.1) is 22.8 Å². The van der Waals surface area contributed by atoms with Gasteiger partial charge in [0.15, 0.2) is 0 Å². The van der Waals surface area contributed by atoms with Gasteiger partial charge in [0.25, 0.3) is 0 Å². The third-order valence-electron chi connectivity index (χ3n) is 11.2. The Balaban J connectivity index is 1.37. The van der Waals surface area contributed by atoms with Gasteiger partial charge in [-0.25, -0.2) is 4.98 Å². The molecule has 2 nitrogen and oxygen atoms in total. The molecule has 0 radical (unpaired) electrons. The van der Waals surface area contributed by atoms with E-state index in [4.69, 9.17) is 4.98 Å². The number of nitriles is 1. The number of hydrogen-bond donors (Lipinski definition) is 0. The van der Waals surface area contributed by atoms with E-state index in [0.717, 1.165) is 33.1 Å². The molecule has 0 saturated carbocycles. The molecule has 11 rings (SSSR count). The van der Waals surface area contributed by atoms with Gasteiger partial charge in [-0.1, -0.05) is 164 Å². The van der Waals surface area contributed by atoms with E-state index in [1.54, 1.807) is 0 Å². The van der Waals surface area contributed by atoms with Gasteiger partial charge in [0.2, 0.25) is 0 Å². The quantitative estimate of drug-likeness (QED) is 0.137. The zero-order valence-corrected chi connectivity index (χ0v) is 29.2. The fourth-order valence-electron chi connectivity index (χ4n) is 8.96. The van der Waals surface area contributed by atoms with Crippen molar-refractivity contribution in [3.05, 3.63) is 188 Å². The lowest BCUT2D eigenvalue weighted by Crippen LogP contribution is -1.96. The highest BCUT2D eigenvalue weighted by molar-refractivity contribution is 6.37. The molecule has 0 fully saturated rings. The summed E-state index contributed by atoms with van der Waals surface area (Å²) in [5, 5.41) is 25.1. The van der Waals surface area contributed by atoms with E-state index < -0.39 is 0 Å². The van der Waals surface area contributed by atoms with E-state index >= 15 is 0 Å². The molecule has 0 unspecified atom stereocenters. The summed E-state index contributed by atoms with van der Waals surface area (Å²) in [6.45, 7) is 0. The van der Waals surface area contributed by atoms with Crippen LogP contribution in [0.15, 0.2) is 182 Å². The Morgan fingerprint density at radius 3 is 1.41 bits per heavy atom. The molecule has 2 heteroatoms. The lowest BCUT2D eigenvalue weighted by atomic mass is 9.82. The van der Waals surface area contributed by atoms with E-state index in [1.165, 1.54) is 75.9 Å². The SMILES string of the molecule is N#Cc1ccc(-c2c3ccccc3c(-c3cc4c(-c5ccccc5)nc5c6ccccc6c6ccccc6c5c4c4ccccc34)c3ccccc23)cc1. The second-order valence-electron chi connectivity index (χ2n) is 14.1. The van der Waals surface area contributed by atoms with Crippen LogP contribution in [-0.2, 0) is 0 Å². The Hall–Kier alpha value is -7.34. The predicted molar refractivity (Wildman–Crippen MR) is 228 cm³/mol. The lowest BCUT2D eigenvalue weighted by Gasteiger charge is -2.21. The van der Waals surface area contributed by atoms with Gasteiger partial charge in [-0.2, -0.15) is 5.26 Å². The molecule has 1 aromatic heterocycles. The van der Waals surface area contributed by atoms with Crippen LogP contribution in [0.1, 0.15) is 5.56 Å². The first-order chi connectivity index (χ1) is 26.8. The molecule has 0 aliphatic rings. The van der Waals surface area contributed by atoms with Gasteiger partial charge in [-0.15, -0.1) is 0 Å². The molecule has 54 heavy (non-hydrogen) atoms. The van der Waals surface area contributed by atoms with Crippen LogP contribution >= 0.6 is 0 Å². The van der Waals surface area contributed by atoms with Gasteiger partial charge < -0.3 is 0 Å². The normalized spacial score (nSPS) is 11.7. The number of fused-ring (bicyclic) bond motifs is 12. The molecule has 10 aromatic carbocycles. The minimum Gasteiger partial charge on any atom is -0.246 e. The standard InChI is InChI=1S/C52H30N2/c53-31-32-26-28-33(29-27-32)47-40-21-9-11-23-42(40)48(43-24-12-10-22-41(43)47)45-30-46-49(38-19-7-5-18-37(38)45)50-39-20-8-4-16-35(39)36-17-6-13-25-44(36)52(50)54-51(46)34-14-2-1-3-15-34/h1-30H. The monoisotopic (exact) mass is 682 g/mol. The topological polar surface area (TPSA) is 36.7 Å². The molecular formula is C52H30N2. The van der Waals surface area contributed by atoms with Crippen LogP contribution in [-0.4, -0.2) is 4.98 Å². The summed E-state index contributed by atoms with van der Waals surface area (Å²) in [6, 6.07) is 67.4. The van der Waals surface area contributed by atoms with Crippen LogP contribution in [0.2, 0.25) is 0 Å². The van der Waals surface area contributed by atoms with Crippen LogP contribution in [0.4, 0.5) is 0 Å². The smallest absolute Gasteiger partial charge is 0.0991 e. The third-order valence-corrected chi connectivity index (χ3v) is 11.2. The van der Waals surface area contributed by atoms with E-state index in [2.05, 4.69) is 176 Å². The molecule has 0 bridgehead atoms. The molecule has 248 valence electrons. The summed E-state index contributed by atoms with van der Waals surface area (Å²) in [5.74, 6) is 0. The maximum Gasteiger partial charge on any atom is 0.0991 e. The minimum atomic E-state index is 0.655. The van der Waals surface area contributed by atoms with Crippen LogP contribution in [0.25, 0.3) is 109 Å². The average molecular weight is 683 g/mol. The number of benzene rings is 10. The van der Waals surface area contributed by atoms with Crippen LogP contribution < -0.4 is 0 Å². The minimum absolute atomic E-state index is 0.655. The highest BCUT2D eigenvalue weighted by Crippen LogP contribution is 2.49. The Morgan fingerprint density at radius 2 is 0.815 bits per heavy atom. The zero-order chi connectivity index (χ0) is 35.8. The van der Waals surface area contributed by atoms with Crippen molar-refractivity contribution in [2.45, 2.75) is 0 Å². The Morgan fingerprint density at radius 1 is 0.352 bits per heavy atom. The van der Waals surface area contributed by atoms with Gasteiger partial charge in [0.1, 0.15) is 0 Å². The summed E-state index contributed by atoms with van der Waals surface area (Å²) in [5.41, 5.74) is 8.41. The van der Waals surface area contributed by atoms with Gasteiger partial charge >= 0.3 is 0 Å². The average Bonchev–Trinajstić information content (AvgIpc) is 3.25. The summed E-state index contributed by atoms with van der Waals surface area (Å²) < 4.78 is 0. The largest absolute Gasteiger partial charge is 0.246 e. The Bertz CT molecular complexity index is 3320. The molecule has 1 heterocycles. The van der Waals surface area contributed by atoms with Crippen molar-refractivity contribution >= 4 is 75.5 Å². The van der Waals surface area contributed by atoms with Crippen LogP contribution in [0.3, 0.4) is 0 Å². The fourth-order valence-corrected chi connectivity index (χ4v) is 8.96. The van der Waals surface area contributed by atoms with E-state index in [0.29, 0.717) is 5.56 Å². The molecule has 0 saturated heterocycles. The maximum atomic E-state index is 9.56. The Kier molecular flexibility index (Phi) is 6.65. The second kappa shape index (κ2) is 11.9. The first-order valence-corrected chi connectivity index (χ1v) is 18.4. The van der Waals surface area contributed by atoms with Gasteiger partial charge in [0, 0.05) is 27.1 Å². The molecule has 0 N–H and O–H groups in total. The molecule has 0 aliphatic heterocycles. The number of nitrogens with zero attached hydrogens (tertiary/aromatic N) is 2. The summed E-state index contributed by atoms with van der Waals surface area (Å²) >= 11 is 0. The van der Waals surface area contributed by atoms with E-state index in [9.17, 15) is 5.26 Å². The van der Waals surface area contributed by atoms with Crippen molar-refractivity contribution < 1.29 is 0 Å². The zero-order valence-electron chi connectivity index (χ0n) is 29.2. The summed E-state index contributed by atoms with van der Waals surface area (Å²) in [6.07, 6.45) is 0. The fraction of sp³-hybridized carbons (Fsp3) is 0. The van der Waals surface area contributed by atoms with E-state index in [-0.39, 0.29) is 0 Å². The molecular weight excluding hydrogens is 653 g/mol. The predicted octanol–water partition coefficient (Wildman–Crippen LogP) is 14.0. The molecule has 0 aliphatic carbocycles. The van der Waals surface area contributed by atoms with Crippen molar-refractivity contribution in [2.75, 3.05) is 0 Å². The summed E-state index contributed by atoms with van der Waals surface area (Å²) in [4.78, 5) is 5.66.